The molecule has 0 aromatic rings. The predicted molar refractivity (Wildman–Crippen MR) is 376 cm³/mol. The van der Waals surface area contributed by atoms with Crippen molar-refractivity contribution in [3.05, 3.63) is 48.6 Å². The van der Waals surface area contributed by atoms with Gasteiger partial charge in [0, 0.05) is 32.1 Å². The maximum atomic E-state index is 12.9. The van der Waals surface area contributed by atoms with Gasteiger partial charge in [-0.25, -0.2) is 0 Å². The van der Waals surface area contributed by atoms with Crippen LogP contribution in [0.1, 0.15) is 381 Å². The first kappa shape index (κ1) is 86.3. The van der Waals surface area contributed by atoms with Gasteiger partial charge in [-0.1, -0.05) is 301 Å². The number of carbonyl (C=O) groups excluding carboxylic acids is 5. The van der Waals surface area contributed by atoms with Crippen LogP contribution in [0.25, 0.3) is 0 Å². The van der Waals surface area contributed by atoms with Crippen LogP contribution < -0.4 is 0 Å². The Bertz CT molecular complexity index is 1720. The number of allylic oxidation sites excluding steroid dienone is 8. The van der Waals surface area contributed by atoms with Gasteiger partial charge in [0.15, 0.2) is 12.2 Å². The van der Waals surface area contributed by atoms with Gasteiger partial charge in [-0.15, -0.1) is 0 Å². The number of hydrogen-bond donors (Lipinski definition) is 1. The molecule has 0 saturated heterocycles. The Morgan fingerprint density at radius 3 is 0.833 bits per heavy atom. The van der Waals surface area contributed by atoms with E-state index in [0.717, 1.165) is 161 Å². The number of aliphatic hydroxyl groups excluding tert-OH is 1. The van der Waals surface area contributed by atoms with Crippen molar-refractivity contribution in [3.63, 3.8) is 0 Å². The van der Waals surface area contributed by atoms with Crippen LogP contribution in [-0.2, 0) is 47.7 Å². The molecule has 11 heteroatoms. The number of hydrogen-bond acceptors (Lipinski definition) is 11. The third-order valence-electron chi connectivity index (χ3n) is 17.1. The molecule has 90 heavy (non-hydrogen) atoms. The largest absolute Gasteiger partial charge is 0.462 e. The third-order valence-corrected chi connectivity index (χ3v) is 17.1. The molecule has 0 fully saturated rings. The zero-order chi connectivity index (χ0) is 65.5. The molecule has 0 radical (unpaired) electrons. The van der Waals surface area contributed by atoms with Crippen LogP contribution in [0.15, 0.2) is 48.6 Å². The minimum absolute atomic E-state index is 0.105. The van der Waals surface area contributed by atoms with Crippen LogP contribution in [-0.4, -0.2) is 73.6 Å². The lowest BCUT2D eigenvalue weighted by atomic mass is 9.96. The van der Waals surface area contributed by atoms with E-state index in [-0.39, 0.29) is 56.3 Å². The van der Waals surface area contributed by atoms with Gasteiger partial charge in [0.2, 0.25) is 0 Å². The highest BCUT2D eigenvalue weighted by Crippen LogP contribution is 2.20. The number of unbranched alkanes of at least 4 members (excludes halogenated alkanes) is 39. The zero-order valence-corrected chi connectivity index (χ0v) is 59.1. The Morgan fingerprint density at radius 1 is 0.289 bits per heavy atom. The van der Waals surface area contributed by atoms with E-state index >= 15 is 0 Å². The van der Waals surface area contributed by atoms with Crippen molar-refractivity contribution in [3.8, 4) is 0 Å². The van der Waals surface area contributed by atoms with Gasteiger partial charge in [-0.3, -0.25) is 24.0 Å². The Balaban J connectivity index is 4.29. The van der Waals surface area contributed by atoms with Gasteiger partial charge in [0.25, 0.3) is 0 Å². The molecule has 3 atom stereocenters. The Labute approximate surface area is 554 Å². The molecule has 0 aliphatic carbocycles. The van der Waals surface area contributed by atoms with E-state index in [1.165, 1.54) is 161 Å². The number of rotatable bonds is 70. The van der Waals surface area contributed by atoms with Crippen molar-refractivity contribution in [2.75, 3.05) is 26.4 Å². The molecule has 0 aromatic heterocycles. The van der Waals surface area contributed by atoms with Crippen LogP contribution in [0.3, 0.4) is 0 Å². The highest BCUT2D eigenvalue weighted by atomic mass is 16.6. The topological polar surface area (TPSA) is 152 Å². The fraction of sp³-hybridized carbons (Fsp3) is 0.835. The summed E-state index contributed by atoms with van der Waals surface area (Å²) in [5.41, 5.74) is 0. The van der Waals surface area contributed by atoms with Gasteiger partial charge >= 0.3 is 29.8 Å². The highest BCUT2D eigenvalue weighted by Gasteiger charge is 2.20. The lowest BCUT2D eigenvalue weighted by Crippen LogP contribution is -2.30. The summed E-state index contributed by atoms with van der Waals surface area (Å²) in [5.74, 6) is -0.942. The van der Waals surface area contributed by atoms with E-state index in [4.69, 9.17) is 23.7 Å². The van der Waals surface area contributed by atoms with Crippen molar-refractivity contribution in [1.29, 1.82) is 0 Å². The van der Waals surface area contributed by atoms with Crippen molar-refractivity contribution in [1.82, 2.24) is 0 Å². The van der Waals surface area contributed by atoms with E-state index in [0.29, 0.717) is 38.0 Å². The molecule has 3 unspecified atom stereocenters. The monoisotopic (exact) mass is 1270 g/mol. The van der Waals surface area contributed by atoms with Gasteiger partial charge in [-0.05, 0) is 102 Å². The third kappa shape index (κ3) is 67.2. The summed E-state index contributed by atoms with van der Waals surface area (Å²) in [6.45, 7) is 8.38. The molecule has 0 amide bonds. The predicted octanol–water partition coefficient (Wildman–Crippen LogP) is 22.8. The van der Waals surface area contributed by atoms with Gasteiger partial charge in [-0.2, -0.15) is 0 Å². The molecule has 1 N–H and O–H groups in total. The first-order chi connectivity index (χ1) is 44.1. The Morgan fingerprint density at radius 2 is 0.522 bits per heavy atom. The molecule has 11 nitrogen and oxygen atoms in total. The summed E-state index contributed by atoms with van der Waals surface area (Å²) in [6, 6.07) is 0. The molecule has 0 bridgehead atoms. The minimum atomic E-state index is -0.821. The summed E-state index contributed by atoms with van der Waals surface area (Å²) in [6.07, 6.45) is 75.3. The smallest absolute Gasteiger partial charge is 0.306 e. The summed E-state index contributed by atoms with van der Waals surface area (Å²) >= 11 is 0. The Hall–Kier alpha value is -3.73. The fourth-order valence-corrected chi connectivity index (χ4v) is 11.2. The summed E-state index contributed by atoms with van der Waals surface area (Å²) in [5, 5.41) is 9.70. The molecule has 0 saturated carbocycles. The van der Waals surface area contributed by atoms with E-state index in [1.54, 1.807) is 0 Å². The van der Waals surface area contributed by atoms with Crippen molar-refractivity contribution in [2.24, 2.45) is 5.92 Å². The maximum absolute atomic E-state index is 12.9. The van der Waals surface area contributed by atoms with Crippen LogP contribution in [0.2, 0.25) is 0 Å². The number of ether oxygens (including phenoxy) is 5. The zero-order valence-electron chi connectivity index (χ0n) is 59.1. The summed E-state index contributed by atoms with van der Waals surface area (Å²) < 4.78 is 27.7. The number of carbonyl (C=O) groups is 5. The van der Waals surface area contributed by atoms with Crippen molar-refractivity contribution < 1.29 is 52.8 Å². The van der Waals surface area contributed by atoms with Gasteiger partial charge in [0.05, 0.1) is 6.61 Å². The second kappa shape index (κ2) is 71.1. The van der Waals surface area contributed by atoms with Gasteiger partial charge in [0.1, 0.15) is 19.8 Å². The van der Waals surface area contributed by atoms with Crippen LogP contribution in [0.4, 0.5) is 0 Å². The van der Waals surface area contributed by atoms with Crippen LogP contribution in [0.5, 0.6) is 0 Å². The van der Waals surface area contributed by atoms with E-state index < -0.39 is 12.2 Å². The summed E-state index contributed by atoms with van der Waals surface area (Å²) in [4.78, 5) is 63.2. The standard InChI is InChI=1S/C79H142O11/c1-5-8-11-14-17-20-23-26-29-32-35-38-41-49-56-64-76(82)87-70-74(90-79(85)67-60-52-43-40-37-34-31-28-25-22-19-16-13-10-7-3)71-88-77(83)65-58-53-46-48-55-62-72(4)61-54-47-44-45-50-57-63-75(81)86-69-73(68-80)89-78(84)66-59-51-42-39-36-33-30-27-24-21-18-15-12-9-6-2/h18-19,21-22,27-28,30-31,72-74,80H,5-17,20,23-26,29,32-71H2,1-4H3/b21-18-,22-19-,30-27-,31-28-. The normalized spacial score (nSPS) is 12.8. The molecular formula is C79H142O11. The average Bonchev–Trinajstić information content (AvgIpc) is 3.67. The second-order valence-electron chi connectivity index (χ2n) is 26.2. The first-order valence-corrected chi connectivity index (χ1v) is 38.2. The van der Waals surface area contributed by atoms with Crippen LogP contribution in [0, 0.1) is 5.92 Å². The molecule has 0 aliphatic rings. The van der Waals surface area contributed by atoms with E-state index in [1.807, 2.05) is 0 Å². The second-order valence-corrected chi connectivity index (χ2v) is 26.2. The van der Waals surface area contributed by atoms with Crippen LogP contribution >= 0.6 is 0 Å². The lowest BCUT2D eigenvalue weighted by Gasteiger charge is -2.18. The van der Waals surface area contributed by atoms with Crippen molar-refractivity contribution in [2.45, 2.75) is 393 Å². The molecule has 0 aromatic carbocycles. The summed E-state index contributed by atoms with van der Waals surface area (Å²) in [7, 11) is 0. The fourth-order valence-electron chi connectivity index (χ4n) is 11.2. The molecule has 0 rings (SSSR count). The molecule has 524 valence electrons. The SMILES string of the molecule is CCCCC/C=C\C/C=C\CCCCCCCC(=O)OC(CO)COC(=O)CCCCCCCCC(C)CCCCCCCC(=O)OCC(COC(=O)CCCCCCCCCCCCCCCCC)OC(=O)CCCCCCC/C=C\C/C=C\CCCCC. The lowest BCUT2D eigenvalue weighted by molar-refractivity contribution is -0.167. The van der Waals surface area contributed by atoms with E-state index in [9.17, 15) is 29.1 Å². The minimum Gasteiger partial charge on any atom is -0.462 e. The number of esters is 5. The quantitative estimate of drug-likeness (QED) is 0.0268. The van der Waals surface area contributed by atoms with E-state index in [2.05, 4.69) is 76.3 Å². The Kier molecular flexibility index (Phi) is 68.2. The highest BCUT2D eigenvalue weighted by molar-refractivity contribution is 5.71. The van der Waals surface area contributed by atoms with Crippen molar-refractivity contribution >= 4 is 29.8 Å². The first-order valence-electron chi connectivity index (χ1n) is 38.2. The molecule has 0 heterocycles. The maximum Gasteiger partial charge on any atom is 0.306 e. The average molecular weight is 1270 g/mol. The molecule has 0 spiro atoms. The number of aliphatic hydroxyl groups is 1. The van der Waals surface area contributed by atoms with Gasteiger partial charge < -0.3 is 28.8 Å². The molecule has 0 aliphatic heterocycles. The molecular weight excluding hydrogens is 1120 g/mol.